The minimum Gasteiger partial charge on any atom is -0.474 e. The SMILES string of the molecule is Cc1c(-c2cc3cc(NC(=O)OC4CC5(CCN(CC6CCN(c7ccc8c(c7)C(=O)N(C7CCC(=O)NC7=O)C8)CC6)CC5)C4)ncc3cc2F)cnc2c1NCCO2. The van der Waals surface area contributed by atoms with Gasteiger partial charge in [0.25, 0.3) is 5.91 Å². The normalized spacial score (nSPS) is 21.8. The number of fused-ring (bicyclic) bond motifs is 3. The molecule has 15 heteroatoms. The minimum atomic E-state index is -0.605. The lowest BCUT2D eigenvalue weighted by Crippen LogP contribution is -2.52. The van der Waals surface area contributed by atoms with E-state index in [0.29, 0.717) is 65.8 Å². The number of piperidine rings is 3. The smallest absolute Gasteiger partial charge is 0.413 e. The van der Waals surface area contributed by atoms with E-state index in [9.17, 15) is 19.2 Å². The van der Waals surface area contributed by atoms with Crippen LogP contribution in [0.2, 0.25) is 0 Å². The van der Waals surface area contributed by atoms with E-state index in [0.717, 1.165) is 99.1 Å². The fourth-order valence-electron chi connectivity index (χ4n) is 10.3. The Morgan fingerprint density at radius 3 is 2.58 bits per heavy atom. The molecule has 1 aliphatic carbocycles. The number of hydrogen-bond acceptors (Lipinski definition) is 11. The van der Waals surface area contributed by atoms with E-state index in [4.69, 9.17) is 9.47 Å². The van der Waals surface area contributed by atoms with Gasteiger partial charge < -0.3 is 29.5 Å². The Bertz CT molecular complexity index is 2400. The van der Waals surface area contributed by atoms with Gasteiger partial charge in [-0.25, -0.2) is 19.2 Å². The van der Waals surface area contributed by atoms with Crippen LogP contribution in [0.3, 0.4) is 0 Å². The van der Waals surface area contributed by atoms with Crippen LogP contribution in [0.5, 0.6) is 5.88 Å². The monoisotopic (exact) mass is 816 g/mol. The lowest BCUT2D eigenvalue weighted by atomic mass is 9.61. The van der Waals surface area contributed by atoms with Crippen LogP contribution in [-0.2, 0) is 20.9 Å². The Balaban J connectivity index is 0.673. The van der Waals surface area contributed by atoms with Crippen molar-refractivity contribution in [2.24, 2.45) is 11.3 Å². The minimum absolute atomic E-state index is 0.130. The summed E-state index contributed by atoms with van der Waals surface area (Å²) in [6, 6.07) is 10.4. The number of ether oxygens (including phenoxy) is 2. The molecule has 14 nitrogen and oxygen atoms in total. The summed E-state index contributed by atoms with van der Waals surface area (Å²) < 4.78 is 26.8. The molecule has 6 aliphatic rings. The molecule has 1 atom stereocenters. The first-order valence-corrected chi connectivity index (χ1v) is 21.3. The summed E-state index contributed by atoms with van der Waals surface area (Å²) >= 11 is 0. The third-order valence-corrected chi connectivity index (χ3v) is 13.8. The Hall–Kier alpha value is -5.83. The molecule has 3 saturated heterocycles. The van der Waals surface area contributed by atoms with Gasteiger partial charge in [0.05, 0.1) is 0 Å². The maximum atomic E-state index is 15.3. The van der Waals surface area contributed by atoms with E-state index in [1.54, 1.807) is 29.4 Å². The zero-order valence-electron chi connectivity index (χ0n) is 33.7. The summed E-state index contributed by atoms with van der Waals surface area (Å²) in [6.45, 7) is 8.54. The van der Waals surface area contributed by atoms with Crippen molar-refractivity contribution in [1.29, 1.82) is 0 Å². The van der Waals surface area contributed by atoms with Gasteiger partial charge in [-0.2, -0.15) is 0 Å². The van der Waals surface area contributed by atoms with Gasteiger partial charge in [-0.05, 0) is 123 Å². The molecule has 4 aromatic rings. The highest BCUT2D eigenvalue weighted by Crippen LogP contribution is 2.50. The number of aromatic nitrogens is 2. The largest absolute Gasteiger partial charge is 0.474 e. The van der Waals surface area contributed by atoms with Gasteiger partial charge in [-0.15, -0.1) is 0 Å². The van der Waals surface area contributed by atoms with Crippen LogP contribution in [0.4, 0.5) is 26.4 Å². The molecular formula is C45H49FN8O6. The number of hydrogen-bond donors (Lipinski definition) is 3. The van der Waals surface area contributed by atoms with E-state index in [1.165, 1.54) is 6.07 Å². The molecule has 60 heavy (non-hydrogen) atoms. The second-order valence-electron chi connectivity index (χ2n) is 17.5. The fraction of sp³-hybridized carbons (Fsp3) is 0.467. The quantitative estimate of drug-likeness (QED) is 0.188. The molecule has 312 valence electrons. The molecule has 1 saturated carbocycles. The standard InChI is InChI=1S/C45H49FN8O6/c1-26-35(23-49-42-40(26)47-10-15-59-42)34-16-29-18-38(48-22-30(29)17-36(34)46)50-44(58)60-32-20-45(21-32)8-13-52(14-9-45)24-27-6-11-53(12-7-27)31-3-2-28-25-54(43(57)33(28)19-31)37-4-5-39(55)51-41(37)56/h2-3,16-19,22-23,27,32,37,47H,4-15,20-21,24-25H2,1H3,(H,48,50,58)(H,51,55,56). The van der Waals surface area contributed by atoms with Crippen LogP contribution in [0, 0.1) is 24.1 Å². The van der Waals surface area contributed by atoms with E-state index in [1.807, 2.05) is 19.1 Å². The summed E-state index contributed by atoms with van der Waals surface area (Å²) in [5.74, 6) is 0.286. The number of benzene rings is 2. The first-order chi connectivity index (χ1) is 29.1. The molecule has 7 heterocycles. The van der Waals surface area contributed by atoms with Crippen LogP contribution < -0.4 is 25.6 Å². The van der Waals surface area contributed by atoms with Gasteiger partial charge in [-0.3, -0.25) is 25.0 Å². The molecule has 2 aromatic heterocycles. The molecule has 1 spiro atoms. The van der Waals surface area contributed by atoms with Gasteiger partial charge in [0.2, 0.25) is 17.7 Å². The molecule has 0 bridgehead atoms. The van der Waals surface area contributed by atoms with Crippen molar-refractivity contribution in [2.45, 2.75) is 77.0 Å². The zero-order chi connectivity index (χ0) is 41.1. The van der Waals surface area contributed by atoms with Crippen molar-refractivity contribution >= 4 is 51.8 Å². The number of amides is 4. The van der Waals surface area contributed by atoms with Gasteiger partial charge in [0, 0.05) is 79.3 Å². The number of likely N-dealkylation sites (tertiary alicyclic amines) is 1. The molecular weight excluding hydrogens is 768 g/mol. The Morgan fingerprint density at radius 1 is 0.967 bits per heavy atom. The van der Waals surface area contributed by atoms with E-state index in [-0.39, 0.29) is 41.5 Å². The third kappa shape index (κ3) is 7.26. The number of nitrogens with zero attached hydrogens (tertiary/aromatic N) is 5. The maximum absolute atomic E-state index is 15.3. The number of nitrogens with one attached hydrogen (secondary N) is 3. The lowest BCUT2D eigenvalue weighted by molar-refractivity contribution is -0.136. The molecule has 3 N–H and O–H groups in total. The summed E-state index contributed by atoms with van der Waals surface area (Å²) in [4.78, 5) is 65.7. The van der Waals surface area contributed by atoms with Crippen LogP contribution in [0.15, 0.2) is 48.8 Å². The van der Waals surface area contributed by atoms with Crippen molar-refractivity contribution in [3.8, 4) is 17.0 Å². The number of carbonyl (C=O) groups excluding carboxylic acids is 4. The predicted octanol–water partition coefficient (Wildman–Crippen LogP) is 6.02. The highest BCUT2D eigenvalue weighted by molar-refractivity contribution is 6.05. The van der Waals surface area contributed by atoms with Crippen molar-refractivity contribution in [1.82, 2.24) is 25.1 Å². The Labute approximate surface area is 347 Å². The third-order valence-electron chi connectivity index (χ3n) is 13.8. The number of anilines is 3. The highest BCUT2D eigenvalue weighted by Gasteiger charge is 2.48. The van der Waals surface area contributed by atoms with Gasteiger partial charge >= 0.3 is 6.09 Å². The van der Waals surface area contributed by atoms with Gasteiger partial charge in [0.15, 0.2) is 0 Å². The van der Waals surface area contributed by atoms with Crippen LogP contribution in [-0.4, -0.2) is 102 Å². The van der Waals surface area contributed by atoms with Crippen LogP contribution in [0.25, 0.3) is 21.9 Å². The first kappa shape index (κ1) is 38.4. The summed E-state index contributed by atoms with van der Waals surface area (Å²) in [5, 5.41) is 9.82. The first-order valence-electron chi connectivity index (χ1n) is 21.3. The average Bonchev–Trinajstić information content (AvgIpc) is 3.56. The highest BCUT2D eigenvalue weighted by atomic mass is 19.1. The van der Waals surface area contributed by atoms with Crippen LogP contribution in [0.1, 0.15) is 72.9 Å². The summed E-state index contributed by atoms with van der Waals surface area (Å²) in [7, 11) is 0. The Kier molecular flexibility index (Phi) is 9.80. The van der Waals surface area contributed by atoms with Crippen molar-refractivity contribution in [2.75, 3.05) is 61.4 Å². The molecule has 4 fully saturated rings. The molecule has 2 aromatic carbocycles. The van der Waals surface area contributed by atoms with Gasteiger partial charge in [0.1, 0.15) is 36.1 Å². The van der Waals surface area contributed by atoms with Crippen molar-refractivity contribution in [3.63, 3.8) is 0 Å². The second-order valence-corrected chi connectivity index (χ2v) is 17.5. The van der Waals surface area contributed by atoms with Crippen molar-refractivity contribution < 1.29 is 33.0 Å². The molecule has 1 unspecified atom stereocenters. The number of carbonyl (C=O) groups is 4. The molecule has 5 aliphatic heterocycles. The molecule has 0 radical (unpaired) electrons. The van der Waals surface area contributed by atoms with Crippen LogP contribution >= 0.6 is 0 Å². The van der Waals surface area contributed by atoms with E-state index >= 15 is 4.39 Å². The second kappa shape index (κ2) is 15.3. The summed E-state index contributed by atoms with van der Waals surface area (Å²) in [5.41, 5.74) is 5.55. The fourth-order valence-corrected chi connectivity index (χ4v) is 10.3. The van der Waals surface area contributed by atoms with E-state index in [2.05, 4.69) is 41.8 Å². The number of imide groups is 1. The van der Waals surface area contributed by atoms with Gasteiger partial charge in [-0.1, -0.05) is 6.07 Å². The molecule has 10 rings (SSSR count). The zero-order valence-corrected chi connectivity index (χ0v) is 33.7. The lowest BCUT2D eigenvalue weighted by Gasteiger charge is -2.51. The van der Waals surface area contributed by atoms with Crippen molar-refractivity contribution in [3.05, 3.63) is 71.3 Å². The summed E-state index contributed by atoms with van der Waals surface area (Å²) in [6.07, 6.45) is 9.23. The topological polar surface area (TPSA) is 158 Å². The molecule has 4 amide bonds. The number of rotatable bonds is 7. The maximum Gasteiger partial charge on any atom is 0.413 e. The predicted molar refractivity (Wildman–Crippen MR) is 222 cm³/mol. The van der Waals surface area contributed by atoms with E-state index < -0.39 is 12.1 Å². The number of halogens is 1. The Morgan fingerprint density at radius 2 is 1.78 bits per heavy atom. The average molecular weight is 817 g/mol. The number of pyridine rings is 2.